The van der Waals surface area contributed by atoms with E-state index in [0.717, 1.165) is 89.9 Å². The Morgan fingerprint density at radius 2 is 0.762 bits per heavy atom. The molecule has 0 aliphatic carbocycles. The van der Waals surface area contributed by atoms with E-state index >= 15 is 0 Å². The number of rotatable bonds is 65. The normalized spacial score (nSPS) is 13.9. The number of phosphoric acid groups is 1. The number of allylic oxidation sites excluding steroid dienone is 11. The second-order valence-corrected chi connectivity index (χ2v) is 26.8. The molecule has 0 aromatic heterocycles. The molecule has 0 rings (SSSR count). The molecule has 0 bridgehead atoms. The number of amides is 1. The fraction of sp³-hybridized carbons (Fsp3) is 0.811. The molecule has 3 unspecified atom stereocenters. The molecular weight excluding hydrogens is 1060 g/mol. The molecule has 10 heteroatoms. The lowest BCUT2D eigenvalue weighted by Crippen LogP contribution is -2.47. The first kappa shape index (κ1) is 81.5. The predicted octanol–water partition coefficient (Wildman–Crippen LogP) is 22.1. The number of phosphoric ester groups is 1. The van der Waals surface area contributed by atoms with Gasteiger partial charge in [0.05, 0.1) is 33.8 Å². The average Bonchev–Trinajstić information content (AvgIpc) is 3.65. The van der Waals surface area contributed by atoms with Crippen LogP contribution in [0.4, 0.5) is 0 Å². The summed E-state index contributed by atoms with van der Waals surface area (Å²) in [4.78, 5) is 40.2. The minimum Gasteiger partial charge on any atom is -0.756 e. The Morgan fingerprint density at radius 1 is 0.429 bits per heavy atom. The van der Waals surface area contributed by atoms with Crippen LogP contribution in [-0.4, -0.2) is 69.4 Å². The second kappa shape index (κ2) is 63.5. The van der Waals surface area contributed by atoms with Gasteiger partial charge in [-0.3, -0.25) is 14.2 Å². The summed E-state index contributed by atoms with van der Waals surface area (Å²) in [5, 5.41) is 3.05. The first-order chi connectivity index (χ1) is 40.9. The molecule has 3 atom stereocenters. The first-order valence-corrected chi connectivity index (χ1v) is 37.2. The molecule has 9 nitrogen and oxygen atoms in total. The standard InChI is InChI=1S/C74H137N2O7P/c1-7-10-13-16-19-22-25-28-30-32-34-35-36-37-38-39-40-41-43-45-47-49-52-55-58-61-64-67-74(78)83-72(65-62-59-56-53-50-27-24-21-18-15-12-9-3)71(70-82-84(79,80)81-69-68-76(4,5)6)75-73(77)66-63-60-57-54-51-48-46-44-42-33-31-29-26-23-20-17-14-11-8-2/h10,13,19,22,28,30,34-35,37-38,62,65,71-72H,7-9,11-12,14-18,20-21,23-27,29,31-33,36,39-61,63-64,66-70H2,1-6H3,(H-,75,77,79,80)/b13-10-,22-19-,30-28-,35-34-,38-37-,65-62+. The highest BCUT2D eigenvalue weighted by molar-refractivity contribution is 7.45. The van der Waals surface area contributed by atoms with Crippen LogP contribution in [0.15, 0.2) is 72.9 Å². The van der Waals surface area contributed by atoms with Crippen LogP contribution in [0.1, 0.15) is 335 Å². The van der Waals surface area contributed by atoms with Gasteiger partial charge in [-0.25, -0.2) is 0 Å². The van der Waals surface area contributed by atoms with E-state index in [1.807, 2.05) is 33.3 Å². The van der Waals surface area contributed by atoms with Crippen molar-refractivity contribution in [1.82, 2.24) is 5.32 Å². The third kappa shape index (κ3) is 63.9. The number of nitrogens with zero attached hydrogens (tertiary/aromatic N) is 1. The van der Waals surface area contributed by atoms with Gasteiger partial charge in [-0.1, -0.05) is 319 Å². The minimum atomic E-state index is -4.70. The highest BCUT2D eigenvalue weighted by atomic mass is 31.2. The molecule has 1 N–H and O–H groups in total. The molecule has 490 valence electrons. The zero-order chi connectivity index (χ0) is 61.4. The van der Waals surface area contributed by atoms with E-state index in [-0.39, 0.29) is 31.5 Å². The van der Waals surface area contributed by atoms with Gasteiger partial charge < -0.3 is 28.5 Å². The van der Waals surface area contributed by atoms with Crippen LogP contribution in [0, 0.1) is 0 Å². The Kier molecular flexibility index (Phi) is 61.5. The Balaban J connectivity index is 5.03. The molecule has 0 aliphatic rings. The van der Waals surface area contributed by atoms with Crippen molar-refractivity contribution in [1.29, 1.82) is 0 Å². The molecule has 1 amide bonds. The Labute approximate surface area is 521 Å². The average molecular weight is 1200 g/mol. The molecule has 0 heterocycles. The molecule has 0 aliphatic heterocycles. The number of ether oxygens (including phenoxy) is 1. The third-order valence-electron chi connectivity index (χ3n) is 15.9. The van der Waals surface area contributed by atoms with Gasteiger partial charge in [0.2, 0.25) is 5.91 Å². The van der Waals surface area contributed by atoms with Crippen molar-refractivity contribution in [3.05, 3.63) is 72.9 Å². The van der Waals surface area contributed by atoms with E-state index in [2.05, 4.69) is 86.8 Å². The van der Waals surface area contributed by atoms with Gasteiger partial charge in [0.15, 0.2) is 0 Å². The lowest BCUT2D eigenvalue weighted by molar-refractivity contribution is -0.870. The number of esters is 1. The number of carbonyl (C=O) groups excluding carboxylic acids is 2. The molecule has 84 heavy (non-hydrogen) atoms. The lowest BCUT2D eigenvalue weighted by atomic mass is 10.0. The molecule has 0 aromatic carbocycles. The highest BCUT2D eigenvalue weighted by Gasteiger charge is 2.27. The van der Waals surface area contributed by atoms with Crippen molar-refractivity contribution in [2.75, 3.05) is 40.9 Å². The van der Waals surface area contributed by atoms with Crippen molar-refractivity contribution in [2.24, 2.45) is 0 Å². The monoisotopic (exact) mass is 1200 g/mol. The minimum absolute atomic E-state index is 0.0225. The summed E-state index contributed by atoms with van der Waals surface area (Å²) in [5.41, 5.74) is 0. The summed E-state index contributed by atoms with van der Waals surface area (Å²) < 4.78 is 30.5. The number of hydrogen-bond acceptors (Lipinski definition) is 7. The van der Waals surface area contributed by atoms with E-state index < -0.39 is 20.0 Å². The van der Waals surface area contributed by atoms with Crippen molar-refractivity contribution in [3.63, 3.8) is 0 Å². The van der Waals surface area contributed by atoms with E-state index in [1.165, 1.54) is 212 Å². The van der Waals surface area contributed by atoms with Gasteiger partial charge in [-0.05, 0) is 76.7 Å². The number of likely N-dealkylation sites (N-methyl/N-ethyl adjacent to an activating group) is 1. The summed E-state index contributed by atoms with van der Waals surface area (Å²) in [6.45, 7) is 6.77. The summed E-state index contributed by atoms with van der Waals surface area (Å²) in [6, 6.07) is -0.890. The van der Waals surface area contributed by atoms with Crippen LogP contribution in [0.2, 0.25) is 0 Å². The van der Waals surface area contributed by atoms with Crippen LogP contribution < -0.4 is 10.2 Å². The Morgan fingerprint density at radius 3 is 1.14 bits per heavy atom. The zero-order valence-corrected chi connectivity index (χ0v) is 57.0. The fourth-order valence-corrected chi connectivity index (χ4v) is 11.2. The SMILES string of the molecule is CC/C=C\C/C=C\C/C=C\C/C=C\C/C=C\CCCCCCCCCCCCCC(=O)OC(/C=C/CCCCCCCCCCCC)C(COP(=O)([O-])OCC[N+](C)(C)C)NC(=O)CCCCCCCCCCCCCCCCCCCCC. The molecule has 0 spiro atoms. The highest BCUT2D eigenvalue weighted by Crippen LogP contribution is 2.38. The van der Waals surface area contributed by atoms with Gasteiger partial charge in [-0.15, -0.1) is 0 Å². The maximum atomic E-state index is 13.6. The summed E-state index contributed by atoms with van der Waals surface area (Å²) in [5.74, 6) is -0.531. The van der Waals surface area contributed by atoms with Crippen molar-refractivity contribution >= 4 is 19.7 Å². The molecule has 0 saturated carbocycles. The van der Waals surface area contributed by atoms with Crippen LogP contribution >= 0.6 is 7.82 Å². The maximum absolute atomic E-state index is 13.6. The molecule has 0 saturated heterocycles. The van der Waals surface area contributed by atoms with Gasteiger partial charge in [0, 0.05) is 12.8 Å². The van der Waals surface area contributed by atoms with E-state index in [4.69, 9.17) is 13.8 Å². The zero-order valence-electron chi connectivity index (χ0n) is 56.1. The van der Waals surface area contributed by atoms with E-state index in [1.54, 1.807) is 0 Å². The second-order valence-electron chi connectivity index (χ2n) is 25.4. The van der Waals surface area contributed by atoms with Crippen molar-refractivity contribution in [3.8, 4) is 0 Å². The molecular formula is C74H137N2O7P. The van der Waals surface area contributed by atoms with Crippen LogP contribution in [0.3, 0.4) is 0 Å². The summed E-state index contributed by atoms with van der Waals surface area (Å²) in [7, 11) is 1.19. The quantitative estimate of drug-likeness (QED) is 0.0212. The Hall–Kier alpha value is -2.55. The number of nitrogens with one attached hydrogen (secondary N) is 1. The predicted molar refractivity (Wildman–Crippen MR) is 362 cm³/mol. The van der Waals surface area contributed by atoms with Gasteiger partial charge in [-0.2, -0.15) is 0 Å². The third-order valence-corrected chi connectivity index (χ3v) is 16.9. The first-order valence-electron chi connectivity index (χ1n) is 35.7. The number of unbranched alkanes of at least 4 members (excludes halogenated alkanes) is 39. The van der Waals surface area contributed by atoms with Crippen LogP contribution in [0.25, 0.3) is 0 Å². The van der Waals surface area contributed by atoms with Crippen LogP contribution in [-0.2, 0) is 27.9 Å². The summed E-state index contributed by atoms with van der Waals surface area (Å²) >= 11 is 0. The fourth-order valence-electron chi connectivity index (χ4n) is 10.4. The van der Waals surface area contributed by atoms with E-state index in [9.17, 15) is 19.0 Å². The molecule has 0 radical (unpaired) electrons. The van der Waals surface area contributed by atoms with Gasteiger partial charge >= 0.3 is 5.97 Å². The number of hydrogen-bond donors (Lipinski definition) is 1. The lowest BCUT2D eigenvalue weighted by Gasteiger charge is -2.30. The van der Waals surface area contributed by atoms with Crippen LogP contribution in [0.5, 0.6) is 0 Å². The Bertz CT molecular complexity index is 1670. The van der Waals surface area contributed by atoms with E-state index in [0.29, 0.717) is 17.4 Å². The molecule has 0 fully saturated rings. The smallest absolute Gasteiger partial charge is 0.306 e. The van der Waals surface area contributed by atoms with Crippen molar-refractivity contribution in [2.45, 2.75) is 348 Å². The van der Waals surface area contributed by atoms with Gasteiger partial charge in [0.25, 0.3) is 7.82 Å². The van der Waals surface area contributed by atoms with Gasteiger partial charge in [0.1, 0.15) is 19.3 Å². The van der Waals surface area contributed by atoms with Crippen molar-refractivity contribution < 1.29 is 37.3 Å². The largest absolute Gasteiger partial charge is 0.756 e. The number of quaternary nitrogens is 1. The summed E-state index contributed by atoms with van der Waals surface area (Å²) in [6.07, 6.45) is 83.1. The maximum Gasteiger partial charge on any atom is 0.306 e. The molecule has 0 aromatic rings. The number of carbonyl (C=O) groups is 2. The topological polar surface area (TPSA) is 114 Å².